The Morgan fingerprint density at radius 2 is 1.83 bits per heavy atom. The SMILES string of the molecule is CCOc1ccc(N2C[C@@H](C(=O)OCC(=O)N[C@@H](C)c3ccccc3)CC2=O)cc1. The predicted molar refractivity (Wildman–Crippen MR) is 112 cm³/mol. The van der Waals surface area contributed by atoms with Crippen LogP contribution in [0.1, 0.15) is 31.9 Å². The molecule has 0 unspecified atom stereocenters. The van der Waals surface area contributed by atoms with Crippen LogP contribution in [-0.2, 0) is 19.1 Å². The highest BCUT2D eigenvalue weighted by atomic mass is 16.5. The molecular weight excluding hydrogens is 384 g/mol. The van der Waals surface area contributed by atoms with E-state index in [1.54, 1.807) is 29.2 Å². The van der Waals surface area contributed by atoms with Crippen molar-refractivity contribution in [2.75, 3.05) is 24.7 Å². The molecule has 1 N–H and O–H groups in total. The van der Waals surface area contributed by atoms with Crippen molar-refractivity contribution >= 4 is 23.5 Å². The molecule has 2 aromatic carbocycles. The Bertz CT molecular complexity index is 882. The number of nitrogens with one attached hydrogen (secondary N) is 1. The summed E-state index contributed by atoms with van der Waals surface area (Å²) in [5.74, 6) is -0.946. The zero-order chi connectivity index (χ0) is 21.5. The van der Waals surface area contributed by atoms with Gasteiger partial charge in [0.25, 0.3) is 5.91 Å². The lowest BCUT2D eigenvalue weighted by Gasteiger charge is -2.17. The average molecular weight is 410 g/mol. The average Bonchev–Trinajstić information content (AvgIpc) is 3.15. The zero-order valence-corrected chi connectivity index (χ0v) is 17.2. The van der Waals surface area contributed by atoms with Gasteiger partial charge in [0.2, 0.25) is 5.91 Å². The summed E-state index contributed by atoms with van der Waals surface area (Å²) in [6.45, 7) is 4.18. The van der Waals surface area contributed by atoms with Gasteiger partial charge in [0, 0.05) is 18.7 Å². The number of ether oxygens (including phenoxy) is 2. The highest BCUT2D eigenvalue weighted by molar-refractivity contribution is 5.99. The lowest BCUT2D eigenvalue weighted by molar-refractivity contribution is -0.152. The molecule has 0 aromatic heterocycles. The van der Waals surface area contributed by atoms with Gasteiger partial charge in [0.05, 0.1) is 18.6 Å². The van der Waals surface area contributed by atoms with Gasteiger partial charge in [0.15, 0.2) is 6.61 Å². The fraction of sp³-hybridized carbons (Fsp3) is 0.348. The third-order valence-electron chi connectivity index (χ3n) is 4.94. The third-order valence-corrected chi connectivity index (χ3v) is 4.94. The monoisotopic (exact) mass is 410 g/mol. The smallest absolute Gasteiger partial charge is 0.311 e. The molecule has 0 bridgehead atoms. The first-order valence-electron chi connectivity index (χ1n) is 10.0. The summed E-state index contributed by atoms with van der Waals surface area (Å²) in [5, 5.41) is 2.80. The van der Waals surface area contributed by atoms with Gasteiger partial charge in [-0.2, -0.15) is 0 Å². The van der Waals surface area contributed by atoms with Crippen LogP contribution in [0.3, 0.4) is 0 Å². The highest BCUT2D eigenvalue weighted by Crippen LogP contribution is 2.27. The van der Waals surface area contributed by atoms with E-state index in [1.807, 2.05) is 44.2 Å². The minimum absolute atomic E-state index is 0.0636. The van der Waals surface area contributed by atoms with E-state index in [-0.39, 0.29) is 37.4 Å². The van der Waals surface area contributed by atoms with E-state index in [0.29, 0.717) is 12.3 Å². The van der Waals surface area contributed by atoms with Crippen molar-refractivity contribution in [3.63, 3.8) is 0 Å². The molecule has 0 spiro atoms. The summed E-state index contributed by atoms with van der Waals surface area (Å²) in [6, 6.07) is 16.5. The number of rotatable bonds is 8. The molecular formula is C23H26N2O5. The van der Waals surface area contributed by atoms with E-state index >= 15 is 0 Å². The Labute approximate surface area is 176 Å². The van der Waals surface area contributed by atoms with Crippen LogP contribution in [0.15, 0.2) is 54.6 Å². The maximum absolute atomic E-state index is 12.4. The maximum Gasteiger partial charge on any atom is 0.311 e. The van der Waals surface area contributed by atoms with Crippen molar-refractivity contribution < 1.29 is 23.9 Å². The van der Waals surface area contributed by atoms with Crippen LogP contribution in [0.4, 0.5) is 5.69 Å². The number of anilines is 1. The van der Waals surface area contributed by atoms with Crippen LogP contribution in [0.2, 0.25) is 0 Å². The fourth-order valence-electron chi connectivity index (χ4n) is 3.37. The molecule has 0 saturated carbocycles. The third kappa shape index (κ3) is 5.37. The number of carbonyl (C=O) groups excluding carboxylic acids is 3. The second kappa shape index (κ2) is 9.91. The number of hydrogen-bond acceptors (Lipinski definition) is 5. The molecule has 2 aromatic rings. The quantitative estimate of drug-likeness (QED) is 0.677. The first-order valence-corrected chi connectivity index (χ1v) is 10.0. The molecule has 3 rings (SSSR count). The van der Waals surface area contributed by atoms with Crippen molar-refractivity contribution in [1.29, 1.82) is 0 Å². The zero-order valence-electron chi connectivity index (χ0n) is 17.2. The Hall–Kier alpha value is -3.35. The summed E-state index contributed by atoms with van der Waals surface area (Å²) < 4.78 is 10.6. The Kier molecular flexibility index (Phi) is 7.06. The predicted octanol–water partition coefficient (Wildman–Crippen LogP) is 2.86. The van der Waals surface area contributed by atoms with Gasteiger partial charge in [-0.1, -0.05) is 30.3 Å². The summed E-state index contributed by atoms with van der Waals surface area (Å²) in [4.78, 5) is 38.4. The topological polar surface area (TPSA) is 84.9 Å². The van der Waals surface area contributed by atoms with E-state index in [4.69, 9.17) is 9.47 Å². The highest BCUT2D eigenvalue weighted by Gasteiger charge is 2.36. The first-order chi connectivity index (χ1) is 14.5. The van der Waals surface area contributed by atoms with Crippen LogP contribution in [0.25, 0.3) is 0 Å². The van der Waals surface area contributed by atoms with Crippen LogP contribution in [0.5, 0.6) is 5.75 Å². The molecule has 0 aliphatic carbocycles. The standard InChI is InChI=1S/C23H26N2O5/c1-3-29-20-11-9-19(10-12-20)25-14-18(13-22(25)27)23(28)30-15-21(26)24-16(2)17-7-5-4-6-8-17/h4-12,16,18H,3,13-15H2,1-2H3,(H,24,26)/t16-,18-/m0/s1. The molecule has 30 heavy (non-hydrogen) atoms. The number of amides is 2. The van der Waals surface area contributed by atoms with Gasteiger partial charge < -0.3 is 19.7 Å². The van der Waals surface area contributed by atoms with Gasteiger partial charge in [-0.15, -0.1) is 0 Å². The van der Waals surface area contributed by atoms with E-state index in [0.717, 1.165) is 11.3 Å². The Morgan fingerprint density at radius 3 is 2.50 bits per heavy atom. The maximum atomic E-state index is 12.4. The number of nitrogens with zero attached hydrogens (tertiary/aromatic N) is 1. The largest absolute Gasteiger partial charge is 0.494 e. The van der Waals surface area contributed by atoms with E-state index in [2.05, 4.69) is 5.32 Å². The first kappa shape index (κ1) is 21.4. The second-order valence-corrected chi connectivity index (χ2v) is 7.14. The number of carbonyl (C=O) groups is 3. The van der Waals surface area contributed by atoms with Crippen molar-refractivity contribution in [2.24, 2.45) is 5.92 Å². The van der Waals surface area contributed by atoms with Crippen LogP contribution in [-0.4, -0.2) is 37.5 Å². The van der Waals surface area contributed by atoms with Gasteiger partial charge >= 0.3 is 5.97 Å². The molecule has 1 saturated heterocycles. The van der Waals surface area contributed by atoms with Gasteiger partial charge in [-0.25, -0.2) is 0 Å². The van der Waals surface area contributed by atoms with Crippen molar-refractivity contribution in [1.82, 2.24) is 5.32 Å². The van der Waals surface area contributed by atoms with Crippen LogP contribution in [0, 0.1) is 5.92 Å². The lowest BCUT2D eigenvalue weighted by Crippen LogP contribution is -2.32. The summed E-state index contributed by atoms with van der Waals surface area (Å²) in [7, 11) is 0. The number of benzene rings is 2. The molecule has 1 aliphatic heterocycles. The van der Waals surface area contributed by atoms with E-state index in [9.17, 15) is 14.4 Å². The second-order valence-electron chi connectivity index (χ2n) is 7.14. The Morgan fingerprint density at radius 1 is 1.13 bits per heavy atom. The Balaban J connectivity index is 1.49. The van der Waals surface area contributed by atoms with Crippen molar-refractivity contribution in [3.8, 4) is 5.75 Å². The minimum Gasteiger partial charge on any atom is -0.494 e. The van der Waals surface area contributed by atoms with Crippen molar-refractivity contribution in [3.05, 3.63) is 60.2 Å². The van der Waals surface area contributed by atoms with Crippen molar-refractivity contribution in [2.45, 2.75) is 26.3 Å². The molecule has 0 radical (unpaired) electrons. The molecule has 1 aliphatic rings. The summed E-state index contributed by atoms with van der Waals surface area (Å²) in [5.41, 5.74) is 1.66. The molecule has 2 amide bonds. The molecule has 7 heteroatoms. The minimum atomic E-state index is -0.594. The summed E-state index contributed by atoms with van der Waals surface area (Å²) in [6.07, 6.45) is 0.0636. The van der Waals surface area contributed by atoms with Gasteiger partial charge in [-0.05, 0) is 43.7 Å². The number of hydrogen-bond donors (Lipinski definition) is 1. The molecule has 2 atom stereocenters. The normalized spacial score (nSPS) is 16.8. The van der Waals surface area contributed by atoms with E-state index < -0.39 is 11.9 Å². The van der Waals surface area contributed by atoms with Crippen LogP contribution < -0.4 is 15.0 Å². The van der Waals surface area contributed by atoms with E-state index in [1.165, 1.54) is 0 Å². The fourth-order valence-corrected chi connectivity index (χ4v) is 3.37. The molecule has 1 fully saturated rings. The molecule has 158 valence electrons. The summed E-state index contributed by atoms with van der Waals surface area (Å²) >= 11 is 0. The molecule has 1 heterocycles. The van der Waals surface area contributed by atoms with Gasteiger partial charge in [-0.3, -0.25) is 14.4 Å². The van der Waals surface area contributed by atoms with Gasteiger partial charge in [0.1, 0.15) is 5.75 Å². The number of esters is 1. The van der Waals surface area contributed by atoms with Crippen LogP contribution >= 0.6 is 0 Å². The molecule has 7 nitrogen and oxygen atoms in total. The lowest BCUT2D eigenvalue weighted by atomic mass is 10.1.